The Bertz CT molecular complexity index is 1080. The number of carbonyl (C=O) groups is 1. The summed E-state index contributed by atoms with van der Waals surface area (Å²) in [6.07, 6.45) is 1.68. The molecule has 0 aliphatic carbocycles. The predicted octanol–water partition coefficient (Wildman–Crippen LogP) is 5.14. The normalized spacial score (nSPS) is 11.2. The number of rotatable bonds is 5. The average Bonchev–Trinajstić information content (AvgIpc) is 3.25. The molecule has 0 saturated heterocycles. The maximum Gasteiger partial charge on any atom is 0.348 e. The topological polar surface area (TPSA) is 88.3 Å². The van der Waals surface area contributed by atoms with Gasteiger partial charge in [0.05, 0.1) is 5.69 Å². The molecule has 136 valence electrons. The zero-order chi connectivity index (χ0) is 19.0. The molecule has 0 aliphatic rings. The van der Waals surface area contributed by atoms with E-state index in [2.05, 4.69) is 15.3 Å². The second-order valence-electron chi connectivity index (χ2n) is 6.38. The fourth-order valence-electron chi connectivity index (χ4n) is 2.78. The third-order valence-electron chi connectivity index (χ3n) is 3.95. The summed E-state index contributed by atoms with van der Waals surface area (Å²) < 4.78 is 5.74. The molecular formula is C20H17N3O3S. The van der Waals surface area contributed by atoms with Crippen LogP contribution < -0.4 is 5.32 Å². The van der Waals surface area contributed by atoms with Crippen LogP contribution in [0.3, 0.4) is 0 Å². The summed E-state index contributed by atoms with van der Waals surface area (Å²) in [7, 11) is 0. The summed E-state index contributed by atoms with van der Waals surface area (Å²) >= 11 is 1.26. The van der Waals surface area contributed by atoms with Crippen molar-refractivity contribution in [2.75, 3.05) is 5.32 Å². The van der Waals surface area contributed by atoms with Crippen LogP contribution in [0.25, 0.3) is 33.1 Å². The molecule has 4 aromatic rings. The molecule has 0 radical (unpaired) electrons. The molecule has 3 aromatic heterocycles. The van der Waals surface area contributed by atoms with E-state index in [1.165, 1.54) is 11.3 Å². The highest BCUT2D eigenvalue weighted by molar-refractivity contribution is 7.18. The average molecular weight is 379 g/mol. The molecule has 2 N–H and O–H groups in total. The number of carboxylic acid groups (broad SMARTS) is 1. The molecule has 27 heavy (non-hydrogen) atoms. The van der Waals surface area contributed by atoms with Gasteiger partial charge in [-0.1, -0.05) is 12.1 Å². The third kappa shape index (κ3) is 3.41. The lowest BCUT2D eigenvalue weighted by Gasteiger charge is -2.08. The van der Waals surface area contributed by atoms with E-state index in [-0.39, 0.29) is 6.04 Å². The van der Waals surface area contributed by atoms with Crippen LogP contribution in [0.2, 0.25) is 0 Å². The van der Waals surface area contributed by atoms with E-state index in [1.807, 2.05) is 50.2 Å². The van der Waals surface area contributed by atoms with Crippen LogP contribution in [0.5, 0.6) is 0 Å². The van der Waals surface area contributed by atoms with Gasteiger partial charge >= 0.3 is 5.97 Å². The second-order valence-corrected chi connectivity index (χ2v) is 7.43. The first-order valence-corrected chi connectivity index (χ1v) is 9.29. The first kappa shape index (κ1) is 17.2. The van der Waals surface area contributed by atoms with Crippen molar-refractivity contribution in [2.45, 2.75) is 19.9 Å². The van der Waals surface area contributed by atoms with Gasteiger partial charge in [0.15, 0.2) is 11.2 Å². The minimum atomic E-state index is -0.926. The Balaban J connectivity index is 1.66. The summed E-state index contributed by atoms with van der Waals surface area (Å²) in [6, 6.07) is 13.4. The van der Waals surface area contributed by atoms with Crippen molar-refractivity contribution in [3.63, 3.8) is 0 Å². The standard InChI is InChI=1S/C20H17N3O3S/c1-11(2)22-14-10-16(27-17(14)20(24)25)12-5-7-13(8-6-12)19-23-18-15(26-19)4-3-9-21-18/h3-11,22H,1-2H3,(H,24,25). The number of nitrogens with one attached hydrogen (secondary N) is 1. The smallest absolute Gasteiger partial charge is 0.348 e. The number of hydrogen-bond acceptors (Lipinski definition) is 6. The summed E-state index contributed by atoms with van der Waals surface area (Å²) in [5.74, 6) is -0.417. The van der Waals surface area contributed by atoms with Crippen molar-refractivity contribution in [3.8, 4) is 21.9 Å². The van der Waals surface area contributed by atoms with Crippen LogP contribution >= 0.6 is 11.3 Å². The first-order chi connectivity index (χ1) is 13.0. The number of fused-ring (bicyclic) bond motifs is 1. The molecule has 0 aliphatic heterocycles. The molecule has 0 saturated carbocycles. The van der Waals surface area contributed by atoms with Crippen molar-refractivity contribution in [2.24, 2.45) is 0 Å². The molecule has 0 fully saturated rings. The monoisotopic (exact) mass is 379 g/mol. The number of oxazole rings is 1. The molecule has 6 nitrogen and oxygen atoms in total. The summed E-state index contributed by atoms with van der Waals surface area (Å²) in [4.78, 5) is 21.3. The third-order valence-corrected chi connectivity index (χ3v) is 5.12. The fraction of sp³-hybridized carbons (Fsp3) is 0.150. The van der Waals surface area contributed by atoms with Gasteiger partial charge in [-0.15, -0.1) is 11.3 Å². The van der Waals surface area contributed by atoms with E-state index >= 15 is 0 Å². The molecule has 0 unspecified atom stereocenters. The number of carboxylic acids is 1. The summed E-state index contributed by atoms with van der Waals surface area (Å²) in [6.45, 7) is 3.96. The molecule has 0 amide bonds. The summed E-state index contributed by atoms with van der Waals surface area (Å²) in [5.41, 5.74) is 3.65. The SMILES string of the molecule is CC(C)Nc1cc(-c2ccc(-c3nc4ncccc4o3)cc2)sc1C(=O)O. The molecule has 0 spiro atoms. The fourth-order valence-corrected chi connectivity index (χ4v) is 3.75. The number of hydrogen-bond donors (Lipinski definition) is 2. The quantitative estimate of drug-likeness (QED) is 0.499. The Hall–Kier alpha value is -3.19. The second kappa shape index (κ2) is 6.85. The van der Waals surface area contributed by atoms with Crippen molar-refractivity contribution >= 4 is 34.2 Å². The molecule has 4 rings (SSSR count). The number of aromatic carboxylic acids is 1. The van der Waals surface area contributed by atoms with E-state index < -0.39 is 5.97 Å². The number of pyridine rings is 1. The van der Waals surface area contributed by atoms with Gasteiger partial charge in [-0.2, -0.15) is 4.98 Å². The van der Waals surface area contributed by atoms with Crippen molar-refractivity contribution in [3.05, 3.63) is 53.5 Å². The highest BCUT2D eigenvalue weighted by Gasteiger charge is 2.17. The molecular weight excluding hydrogens is 362 g/mol. The maximum atomic E-state index is 11.5. The van der Waals surface area contributed by atoms with Crippen molar-refractivity contribution in [1.29, 1.82) is 0 Å². The number of anilines is 1. The Kier molecular flexibility index (Phi) is 4.37. The Morgan fingerprint density at radius 2 is 1.93 bits per heavy atom. The molecule has 7 heteroatoms. The minimum absolute atomic E-state index is 0.153. The van der Waals surface area contributed by atoms with Crippen LogP contribution in [0, 0.1) is 0 Å². The van der Waals surface area contributed by atoms with E-state index in [4.69, 9.17) is 4.42 Å². The zero-order valence-electron chi connectivity index (χ0n) is 14.8. The van der Waals surface area contributed by atoms with Gasteiger partial charge in [0.1, 0.15) is 4.88 Å². The lowest BCUT2D eigenvalue weighted by Crippen LogP contribution is -2.11. The lowest BCUT2D eigenvalue weighted by molar-refractivity contribution is 0.0703. The molecule has 0 atom stereocenters. The Labute approximate surface area is 159 Å². The van der Waals surface area contributed by atoms with Crippen LogP contribution in [-0.4, -0.2) is 27.1 Å². The van der Waals surface area contributed by atoms with Gasteiger partial charge < -0.3 is 14.8 Å². The maximum absolute atomic E-state index is 11.5. The van der Waals surface area contributed by atoms with Gasteiger partial charge in [0.25, 0.3) is 0 Å². The Morgan fingerprint density at radius 1 is 1.19 bits per heavy atom. The van der Waals surface area contributed by atoms with Gasteiger partial charge in [-0.25, -0.2) is 9.78 Å². The van der Waals surface area contributed by atoms with Gasteiger partial charge in [-0.3, -0.25) is 0 Å². The van der Waals surface area contributed by atoms with Gasteiger partial charge in [0, 0.05) is 22.7 Å². The lowest BCUT2D eigenvalue weighted by atomic mass is 10.1. The highest BCUT2D eigenvalue weighted by Crippen LogP contribution is 2.36. The van der Waals surface area contributed by atoms with Crippen LogP contribution in [0.15, 0.2) is 53.1 Å². The largest absolute Gasteiger partial charge is 0.477 e. The molecule has 1 aromatic carbocycles. The van der Waals surface area contributed by atoms with Gasteiger partial charge in [-0.05, 0) is 49.7 Å². The Morgan fingerprint density at radius 3 is 2.59 bits per heavy atom. The van der Waals surface area contributed by atoms with Crippen molar-refractivity contribution in [1.82, 2.24) is 9.97 Å². The van der Waals surface area contributed by atoms with E-state index in [0.717, 1.165) is 16.0 Å². The number of nitrogens with zero attached hydrogens (tertiary/aromatic N) is 2. The van der Waals surface area contributed by atoms with Crippen LogP contribution in [0.1, 0.15) is 23.5 Å². The molecule has 3 heterocycles. The van der Waals surface area contributed by atoms with E-state index in [9.17, 15) is 9.90 Å². The number of thiophene rings is 1. The first-order valence-electron chi connectivity index (χ1n) is 8.47. The van der Waals surface area contributed by atoms with E-state index in [1.54, 1.807) is 12.3 Å². The number of benzene rings is 1. The predicted molar refractivity (Wildman–Crippen MR) is 106 cm³/mol. The van der Waals surface area contributed by atoms with Crippen LogP contribution in [0.4, 0.5) is 5.69 Å². The minimum Gasteiger partial charge on any atom is -0.477 e. The summed E-state index contributed by atoms with van der Waals surface area (Å²) in [5, 5.41) is 12.6. The van der Waals surface area contributed by atoms with E-state index in [0.29, 0.717) is 27.7 Å². The molecule has 0 bridgehead atoms. The highest BCUT2D eigenvalue weighted by atomic mass is 32.1. The van der Waals surface area contributed by atoms with Gasteiger partial charge in [0.2, 0.25) is 5.89 Å². The van der Waals surface area contributed by atoms with Crippen LogP contribution in [-0.2, 0) is 0 Å². The number of aromatic nitrogens is 2. The van der Waals surface area contributed by atoms with Crippen molar-refractivity contribution < 1.29 is 14.3 Å². The zero-order valence-corrected chi connectivity index (χ0v) is 15.6.